The highest BCUT2D eigenvalue weighted by atomic mass is 19.1. The topological polar surface area (TPSA) is 56.5 Å². The lowest BCUT2D eigenvalue weighted by Gasteiger charge is -2.23. The van der Waals surface area contributed by atoms with Crippen LogP contribution < -0.4 is 4.90 Å². The van der Waals surface area contributed by atoms with Crippen LogP contribution in [0.25, 0.3) is 0 Å². The molecule has 0 aliphatic heterocycles. The van der Waals surface area contributed by atoms with Crippen molar-refractivity contribution in [2.24, 2.45) is 0 Å². The fourth-order valence-electron chi connectivity index (χ4n) is 1.48. The lowest BCUT2D eigenvalue weighted by Crippen LogP contribution is -2.30. The fraction of sp³-hybridized carbons (Fsp3) is 0.417. The van der Waals surface area contributed by atoms with Crippen molar-refractivity contribution in [1.29, 1.82) is 5.26 Å². The number of benzene rings is 1. The Labute approximate surface area is 99.8 Å². The lowest BCUT2D eigenvalue weighted by molar-refractivity contribution is 0.203. The normalized spacial score (nSPS) is 10.0. The van der Waals surface area contributed by atoms with E-state index in [4.69, 9.17) is 15.1 Å². The number of hydrogen-bond acceptors (Lipinski definition) is 4. The van der Waals surface area contributed by atoms with E-state index in [1.54, 1.807) is 24.1 Å². The molecule has 0 heterocycles. The second kappa shape index (κ2) is 6.84. The summed E-state index contributed by atoms with van der Waals surface area (Å²) in [5, 5.41) is 17.6. The molecule has 0 fully saturated rings. The summed E-state index contributed by atoms with van der Waals surface area (Å²) in [4.78, 5) is 1.80. The van der Waals surface area contributed by atoms with Gasteiger partial charge in [0.15, 0.2) is 0 Å². The van der Waals surface area contributed by atoms with Gasteiger partial charge in [0, 0.05) is 25.9 Å². The van der Waals surface area contributed by atoms with Crippen LogP contribution in [0.5, 0.6) is 0 Å². The molecule has 4 nitrogen and oxygen atoms in total. The van der Waals surface area contributed by atoms with Gasteiger partial charge in [-0.25, -0.2) is 4.39 Å². The molecule has 0 amide bonds. The number of nitriles is 1. The van der Waals surface area contributed by atoms with Crippen molar-refractivity contribution in [3.63, 3.8) is 0 Å². The smallest absolute Gasteiger partial charge is 0.143 e. The van der Waals surface area contributed by atoms with Crippen molar-refractivity contribution < 1.29 is 14.2 Å². The highest BCUT2D eigenvalue weighted by molar-refractivity contribution is 5.50. The first kappa shape index (κ1) is 13.4. The standard InChI is InChI=1S/C12H15FN2O2/c1-17-7-5-15(4-6-16)11-3-2-10(9-14)12(13)8-11/h2-3,8,16H,4-7H2,1H3. The summed E-state index contributed by atoms with van der Waals surface area (Å²) in [5.41, 5.74) is 0.650. The summed E-state index contributed by atoms with van der Waals surface area (Å²) in [6, 6.07) is 6.16. The third-order valence-corrected chi connectivity index (χ3v) is 2.37. The van der Waals surface area contributed by atoms with Gasteiger partial charge < -0.3 is 14.7 Å². The molecule has 0 radical (unpaired) electrons. The zero-order chi connectivity index (χ0) is 12.7. The molecule has 0 saturated carbocycles. The van der Waals surface area contributed by atoms with Gasteiger partial charge in [-0.05, 0) is 18.2 Å². The van der Waals surface area contributed by atoms with Crippen LogP contribution in [0, 0.1) is 17.1 Å². The molecule has 0 aliphatic rings. The SMILES string of the molecule is COCCN(CCO)c1ccc(C#N)c(F)c1. The number of rotatable bonds is 6. The van der Waals surface area contributed by atoms with Gasteiger partial charge >= 0.3 is 0 Å². The molecule has 1 aromatic rings. The van der Waals surface area contributed by atoms with E-state index in [2.05, 4.69) is 0 Å². The number of methoxy groups -OCH3 is 1. The van der Waals surface area contributed by atoms with E-state index in [0.29, 0.717) is 25.4 Å². The van der Waals surface area contributed by atoms with Crippen LogP contribution in [0.2, 0.25) is 0 Å². The number of hydrogen-bond donors (Lipinski definition) is 1. The number of nitrogens with zero attached hydrogens (tertiary/aromatic N) is 2. The van der Waals surface area contributed by atoms with E-state index in [1.807, 2.05) is 0 Å². The van der Waals surface area contributed by atoms with Gasteiger partial charge in [-0.3, -0.25) is 0 Å². The van der Waals surface area contributed by atoms with Crippen LogP contribution in [0.1, 0.15) is 5.56 Å². The molecule has 1 rings (SSSR count). The Morgan fingerprint density at radius 1 is 1.47 bits per heavy atom. The maximum Gasteiger partial charge on any atom is 0.143 e. The second-order valence-corrected chi connectivity index (χ2v) is 3.48. The summed E-state index contributed by atoms with van der Waals surface area (Å²) in [6.07, 6.45) is 0. The summed E-state index contributed by atoms with van der Waals surface area (Å²) >= 11 is 0. The quantitative estimate of drug-likeness (QED) is 0.807. The van der Waals surface area contributed by atoms with Crippen LogP contribution in [-0.2, 0) is 4.74 Å². The molecule has 0 atom stereocenters. The molecule has 92 valence electrons. The molecular weight excluding hydrogens is 223 g/mol. The Kier molecular flexibility index (Phi) is 5.40. The summed E-state index contributed by atoms with van der Waals surface area (Å²) < 4.78 is 18.4. The minimum absolute atomic E-state index is 0.0180. The third-order valence-electron chi connectivity index (χ3n) is 2.37. The van der Waals surface area contributed by atoms with E-state index in [0.717, 1.165) is 0 Å². The largest absolute Gasteiger partial charge is 0.395 e. The highest BCUT2D eigenvalue weighted by Gasteiger charge is 2.09. The Hall–Kier alpha value is -1.64. The first-order valence-corrected chi connectivity index (χ1v) is 5.27. The Morgan fingerprint density at radius 2 is 2.24 bits per heavy atom. The lowest BCUT2D eigenvalue weighted by atomic mass is 10.2. The Morgan fingerprint density at radius 3 is 2.76 bits per heavy atom. The minimum atomic E-state index is -0.551. The van der Waals surface area contributed by atoms with Crippen molar-refractivity contribution in [2.75, 3.05) is 38.3 Å². The van der Waals surface area contributed by atoms with Gasteiger partial charge in [-0.2, -0.15) is 5.26 Å². The number of ether oxygens (including phenoxy) is 1. The minimum Gasteiger partial charge on any atom is -0.395 e. The van der Waals surface area contributed by atoms with Crippen LogP contribution in [0.4, 0.5) is 10.1 Å². The molecule has 0 spiro atoms. The van der Waals surface area contributed by atoms with E-state index in [9.17, 15) is 4.39 Å². The Bertz CT molecular complexity index is 404. The molecule has 17 heavy (non-hydrogen) atoms. The zero-order valence-corrected chi connectivity index (χ0v) is 9.69. The third kappa shape index (κ3) is 3.70. The van der Waals surface area contributed by atoms with Gasteiger partial charge in [0.1, 0.15) is 11.9 Å². The first-order chi connectivity index (χ1) is 8.22. The molecule has 0 aliphatic carbocycles. The maximum absolute atomic E-state index is 13.4. The predicted octanol–water partition coefficient (Wildman–Crippen LogP) is 1.14. The maximum atomic E-state index is 13.4. The van der Waals surface area contributed by atoms with Crippen molar-refractivity contribution >= 4 is 5.69 Å². The van der Waals surface area contributed by atoms with E-state index in [1.165, 1.54) is 12.1 Å². The Balaban J connectivity index is 2.86. The van der Waals surface area contributed by atoms with Gasteiger partial charge in [-0.15, -0.1) is 0 Å². The molecule has 0 bridgehead atoms. The summed E-state index contributed by atoms with van der Waals surface area (Å²) in [7, 11) is 1.58. The van der Waals surface area contributed by atoms with E-state index < -0.39 is 5.82 Å². The van der Waals surface area contributed by atoms with Crippen molar-refractivity contribution in [2.45, 2.75) is 0 Å². The van der Waals surface area contributed by atoms with Crippen LogP contribution in [0.15, 0.2) is 18.2 Å². The zero-order valence-electron chi connectivity index (χ0n) is 9.69. The van der Waals surface area contributed by atoms with E-state index in [-0.39, 0.29) is 12.2 Å². The predicted molar refractivity (Wildman–Crippen MR) is 62.3 cm³/mol. The van der Waals surface area contributed by atoms with Gasteiger partial charge in [-0.1, -0.05) is 0 Å². The summed E-state index contributed by atoms with van der Waals surface area (Å²) in [6.45, 7) is 1.42. The van der Waals surface area contributed by atoms with Crippen molar-refractivity contribution in [1.82, 2.24) is 0 Å². The number of halogens is 1. The molecule has 0 unspecified atom stereocenters. The molecule has 0 aromatic heterocycles. The second-order valence-electron chi connectivity index (χ2n) is 3.48. The number of anilines is 1. The summed E-state index contributed by atoms with van der Waals surface area (Å²) in [5.74, 6) is -0.551. The average Bonchev–Trinajstić information content (AvgIpc) is 2.34. The monoisotopic (exact) mass is 238 g/mol. The molecular formula is C12H15FN2O2. The van der Waals surface area contributed by atoms with Crippen LogP contribution >= 0.6 is 0 Å². The molecule has 1 aromatic carbocycles. The number of aliphatic hydroxyl groups is 1. The van der Waals surface area contributed by atoms with Crippen LogP contribution in [-0.4, -0.2) is 38.5 Å². The molecule has 1 N–H and O–H groups in total. The average molecular weight is 238 g/mol. The van der Waals surface area contributed by atoms with Gasteiger partial charge in [0.05, 0.1) is 18.8 Å². The first-order valence-electron chi connectivity index (χ1n) is 5.27. The number of aliphatic hydroxyl groups excluding tert-OH is 1. The van der Waals surface area contributed by atoms with Crippen molar-refractivity contribution in [3.8, 4) is 6.07 Å². The van der Waals surface area contributed by atoms with Gasteiger partial charge in [0.2, 0.25) is 0 Å². The molecule has 5 heteroatoms. The fourth-order valence-corrected chi connectivity index (χ4v) is 1.48. The van der Waals surface area contributed by atoms with Crippen molar-refractivity contribution in [3.05, 3.63) is 29.6 Å². The highest BCUT2D eigenvalue weighted by Crippen LogP contribution is 2.18. The van der Waals surface area contributed by atoms with Gasteiger partial charge in [0.25, 0.3) is 0 Å². The molecule has 0 saturated heterocycles. The van der Waals surface area contributed by atoms with E-state index >= 15 is 0 Å². The van der Waals surface area contributed by atoms with Crippen LogP contribution in [0.3, 0.4) is 0 Å².